The van der Waals surface area contributed by atoms with Gasteiger partial charge in [0.1, 0.15) is 0 Å². The number of hydrogen-bond donors (Lipinski definition) is 2. The van der Waals surface area contributed by atoms with Crippen LogP contribution in [0.3, 0.4) is 0 Å². The van der Waals surface area contributed by atoms with E-state index in [9.17, 15) is 0 Å². The van der Waals surface area contributed by atoms with Crippen molar-refractivity contribution in [3.8, 4) is 11.3 Å². The molecule has 0 spiro atoms. The average Bonchev–Trinajstić information content (AvgIpc) is 2.96. The summed E-state index contributed by atoms with van der Waals surface area (Å²) in [5, 5.41) is 9.60. The van der Waals surface area contributed by atoms with E-state index < -0.39 is 0 Å². The summed E-state index contributed by atoms with van der Waals surface area (Å²) in [4.78, 5) is 14.6. The first-order chi connectivity index (χ1) is 16.4. The van der Waals surface area contributed by atoms with Gasteiger partial charge in [0.25, 0.3) is 0 Å². The van der Waals surface area contributed by atoms with Crippen molar-refractivity contribution in [1.29, 1.82) is 5.41 Å². The lowest BCUT2D eigenvalue weighted by atomic mass is 9.82. The van der Waals surface area contributed by atoms with Crippen molar-refractivity contribution in [1.82, 2.24) is 9.97 Å². The maximum Gasteiger partial charge on any atom is 0.222 e. The van der Waals surface area contributed by atoms with Crippen molar-refractivity contribution in [2.45, 2.75) is 75.8 Å². The molecule has 184 valence electrons. The van der Waals surface area contributed by atoms with Crippen LogP contribution in [0.5, 0.6) is 0 Å². The fraction of sp³-hybridized carbons (Fsp3) is 0.400. The van der Waals surface area contributed by atoms with E-state index in [1.807, 2.05) is 13.2 Å². The molecule has 5 heteroatoms. The molecule has 0 saturated heterocycles. The normalized spacial score (nSPS) is 12.0. The molecule has 4 rings (SSSR count). The minimum absolute atomic E-state index is 0.575. The molecular formula is C30H39N5. The van der Waals surface area contributed by atoms with Crippen LogP contribution in [0.1, 0.15) is 75.0 Å². The first-order valence-corrected chi connectivity index (χ1v) is 12.2. The van der Waals surface area contributed by atoms with Gasteiger partial charge in [-0.1, -0.05) is 0 Å². The molecule has 0 aliphatic carbocycles. The van der Waals surface area contributed by atoms with Crippen LogP contribution in [0.2, 0.25) is 0 Å². The van der Waals surface area contributed by atoms with E-state index >= 15 is 0 Å². The van der Waals surface area contributed by atoms with Crippen molar-refractivity contribution in [3.05, 3.63) is 73.5 Å². The topological polar surface area (TPSA) is 74.0 Å². The highest BCUT2D eigenvalue weighted by atomic mass is 15.1. The zero-order chi connectivity index (χ0) is 26.2. The van der Waals surface area contributed by atoms with Crippen LogP contribution in [-0.4, -0.2) is 28.4 Å². The number of aromatic nitrogens is 2. The zero-order valence-corrected chi connectivity index (χ0v) is 23.2. The quantitative estimate of drug-likeness (QED) is 0.395. The molecule has 1 aromatic heterocycles. The Morgan fingerprint density at radius 1 is 0.800 bits per heavy atom. The lowest BCUT2D eigenvalue weighted by Gasteiger charge is -2.22. The van der Waals surface area contributed by atoms with Crippen molar-refractivity contribution in [2.75, 3.05) is 12.4 Å². The molecule has 0 bridgehead atoms. The van der Waals surface area contributed by atoms with Crippen molar-refractivity contribution in [2.24, 2.45) is 4.99 Å². The smallest absolute Gasteiger partial charge is 0.222 e. The summed E-state index contributed by atoms with van der Waals surface area (Å²) < 4.78 is 0. The third-order valence-corrected chi connectivity index (χ3v) is 7.38. The Balaban J connectivity index is 0.000000795. The molecule has 5 nitrogen and oxygen atoms in total. The number of anilines is 1. The Labute approximate surface area is 210 Å². The second-order valence-electron chi connectivity index (χ2n) is 9.85. The Kier molecular flexibility index (Phi) is 7.59. The highest BCUT2D eigenvalue weighted by Gasteiger charge is 2.27. The summed E-state index contributed by atoms with van der Waals surface area (Å²) in [7, 11) is 1.86. The predicted octanol–water partition coefficient (Wildman–Crippen LogP) is 7.05. The van der Waals surface area contributed by atoms with Crippen LogP contribution in [0.15, 0.2) is 17.3 Å². The first kappa shape index (κ1) is 26.3. The van der Waals surface area contributed by atoms with Gasteiger partial charge in [-0.15, -0.1) is 0 Å². The number of fused-ring (bicyclic) bond motifs is 3. The van der Waals surface area contributed by atoms with Crippen LogP contribution in [0.4, 0.5) is 5.95 Å². The van der Waals surface area contributed by atoms with Gasteiger partial charge in [0.15, 0.2) is 0 Å². The van der Waals surface area contributed by atoms with Crippen LogP contribution in [-0.2, 0) is 6.54 Å². The van der Waals surface area contributed by atoms with Crippen molar-refractivity contribution >= 4 is 17.4 Å². The average molecular weight is 470 g/mol. The maximum absolute atomic E-state index is 6.50. The minimum atomic E-state index is 0.575. The number of benzene rings is 2. The maximum atomic E-state index is 6.50. The van der Waals surface area contributed by atoms with E-state index in [1.165, 1.54) is 61.2 Å². The van der Waals surface area contributed by atoms with Gasteiger partial charge in [-0.25, -0.2) is 9.97 Å². The number of aryl methyl sites for hydroxylation is 1. The van der Waals surface area contributed by atoms with E-state index in [-0.39, 0.29) is 0 Å². The second kappa shape index (κ2) is 10.1. The molecular weight excluding hydrogens is 430 g/mol. The van der Waals surface area contributed by atoms with E-state index in [0.717, 1.165) is 17.0 Å². The van der Waals surface area contributed by atoms with Gasteiger partial charge in [0.05, 0.1) is 18.0 Å². The van der Waals surface area contributed by atoms with Gasteiger partial charge in [0, 0.05) is 41.2 Å². The summed E-state index contributed by atoms with van der Waals surface area (Å²) in [5.74, 6) is 0.639. The van der Waals surface area contributed by atoms with E-state index in [1.54, 1.807) is 13.8 Å². The summed E-state index contributed by atoms with van der Waals surface area (Å²) in [5.41, 5.74) is 18.0. The Morgan fingerprint density at radius 3 is 1.86 bits per heavy atom. The van der Waals surface area contributed by atoms with Gasteiger partial charge in [-0.05, 0) is 120 Å². The molecule has 2 heterocycles. The SMILES string of the molecule is CC(C)=N.CNc1ncc2c(n1)-c1c(cc(C)c(C)c1C)C(c1c(C)c(C)c(C)c(C)c1C)=NC2. The molecule has 1 aliphatic rings. The monoisotopic (exact) mass is 469 g/mol. The fourth-order valence-electron chi connectivity index (χ4n) is 4.75. The van der Waals surface area contributed by atoms with Crippen LogP contribution in [0.25, 0.3) is 11.3 Å². The van der Waals surface area contributed by atoms with Gasteiger partial charge in [-0.2, -0.15) is 0 Å². The van der Waals surface area contributed by atoms with Gasteiger partial charge in [-0.3, -0.25) is 4.99 Å². The molecule has 1 aliphatic heterocycles. The largest absolute Gasteiger partial charge is 0.357 e. The van der Waals surface area contributed by atoms with Crippen molar-refractivity contribution < 1.29 is 0 Å². The summed E-state index contributed by atoms with van der Waals surface area (Å²) >= 11 is 0. The molecule has 3 aromatic rings. The number of hydrogen-bond acceptors (Lipinski definition) is 5. The number of nitrogens with zero attached hydrogens (tertiary/aromatic N) is 3. The molecule has 0 unspecified atom stereocenters. The Morgan fingerprint density at radius 2 is 1.31 bits per heavy atom. The van der Waals surface area contributed by atoms with Gasteiger partial charge < -0.3 is 10.7 Å². The first-order valence-electron chi connectivity index (χ1n) is 12.2. The second-order valence-corrected chi connectivity index (χ2v) is 9.85. The van der Waals surface area contributed by atoms with Gasteiger partial charge in [0.2, 0.25) is 5.95 Å². The van der Waals surface area contributed by atoms with Gasteiger partial charge >= 0.3 is 0 Å². The molecule has 2 N–H and O–H groups in total. The highest BCUT2D eigenvalue weighted by Crippen LogP contribution is 2.38. The summed E-state index contributed by atoms with van der Waals surface area (Å²) in [6.07, 6.45) is 1.92. The Hall–Kier alpha value is -3.34. The third kappa shape index (κ3) is 4.77. The highest BCUT2D eigenvalue weighted by molar-refractivity contribution is 6.19. The summed E-state index contributed by atoms with van der Waals surface area (Å²) in [6.45, 7) is 21.8. The van der Waals surface area contributed by atoms with E-state index in [4.69, 9.17) is 15.4 Å². The summed E-state index contributed by atoms with van der Waals surface area (Å²) in [6, 6.07) is 2.30. The van der Waals surface area contributed by atoms with E-state index in [2.05, 4.69) is 71.8 Å². The third-order valence-electron chi connectivity index (χ3n) is 7.38. The van der Waals surface area contributed by atoms with Crippen LogP contribution < -0.4 is 5.32 Å². The van der Waals surface area contributed by atoms with Crippen LogP contribution >= 0.6 is 0 Å². The number of aliphatic imine (C=N–C) groups is 1. The predicted molar refractivity (Wildman–Crippen MR) is 150 cm³/mol. The Bertz CT molecular complexity index is 1330. The number of nitrogens with one attached hydrogen (secondary N) is 2. The van der Waals surface area contributed by atoms with Crippen molar-refractivity contribution in [3.63, 3.8) is 0 Å². The van der Waals surface area contributed by atoms with E-state index in [0.29, 0.717) is 18.2 Å². The standard InChI is InChI=1S/C27H32N4.C3H7N/c1-13-10-22-24(18(6)14(13)2)25-21(12-30-27(28-9)31-25)11-29-26(22)23-19(7)16(4)15(3)17(5)20(23)8;1-3(2)4/h10,12H,11H2,1-9H3,(H,28,30,31);4H,1-2H3. The molecule has 35 heavy (non-hydrogen) atoms. The lowest BCUT2D eigenvalue weighted by molar-refractivity contribution is 1.02. The fourth-order valence-corrected chi connectivity index (χ4v) is 4.75. The molecule has 0 fully saturated rings. The molecule has 2 aromatic carbocycles. The molecule has 0 atom stereocenters. The number of rotatable bonds is 2. The molecule has 0 saturated carbocycles. The van der Waals surface area contributed by atoms with Crippen LogP contribution in [0, 0.1) is 60.8 Å². The molecule has 0 radical (unpaired) electrons. The zero-order valence-electron chi connectivity index (χ0n) is 23.2. The molecule has 0 amide bonds. The minimum Gasteiger partial charge on any atom is -0.357 e. The lowest BCUT2D eigenvalue weighted by Crippen LogP contribution is -2.14.